The zero-order valence-electron chi connectivity index (χ0n) is 4.49. The van der Waals surface area contributed by atoms with Gasteiger partial charge in [0.05, 0.1) is 0 Å². The van der Waals surface area contributed by atoms with Gasteiger partial charge in [-0.2, -0.15) is 0 Å². The molecule has 0 rings (SSSR count). The van der Waals surface area contributed by atoms with Crippen molar-refractivity contribution >= 4 is 20.0 Å². The van der Waals surface area contributed by atoms with E-state index in [4.69, 9.17) is 12.2 Å². The van der Waals surface area contributed by atoms with E-state index in [0.717, 1.165) is 0 Å². The Morgan fingerprint density at radius 3 is 1.50 bits per heavy atom. The number of hydrogen-bond donors (Lipinski definition) is 0. The van der Waals surface area contributed by atoms with E-state index < -0.39 is 0 Å². The summed E-state index contributed by atoms with van der Waals surface area (Å²) < 4.78 is 0. The van der Waals surface area contributed by atoms with E-state index in [-0.39, 0.29) is 7.78 Å². The minimum Gasteiger partial charge on any atom is -0.561 e. The zero-order valence-corrected chi connectivity index (χ0v) is 6.46. The van der Waals surface area contributed by atoms with Crippen LogP contribution in [0.5, 0.6) is 0 Å². The Bertz CT molecular complexity index is 37.3. The topological polar surface area (TPSA) is 0 Å². The van der Waals surface area contributed by atoms with E-state index in [0.29, 0.717) is 5.16 Å². The second kappa shape index (κ2) is 2.18. The summed E-state index contributed by atoms with van der Waals surface area (Å²) in [6.07, 6.45) is 0. The molecule has 0 aliphatic rings. The van der Waals surface area contributed by atoms with Gasteiger partial charge in [0, 0.05) is 5.16 Å². The van der Waals surface area contributed by atoms with Crippen LogP contribution in [0.15, 0.2) is 0 Å². The van der Waals surface area contributed by atoms with Gasteiger partial charge < -0.3 is 12.2 Å². The molecule has 0 saturated heterocycles. The predicted molar refractivity (Wildman–Crippen MR) is 36.8 cm³/mol. The fraction of sp³-hybridized carbons (Fsp3) is 1.00. The van der Waals surface area contributed by atoms with Crippen LogP contribution in [0.25, 0.3) is 0 Å². The minimum absolute atomic E-state index is 0.243. The van der Waals surface area contributed by atoms with Crippen molar-refractivity contribution in [2.45, 2.75) is 25.9 Å². The number of hydrogen-bond acceptors (Lipinski definition) is 1. The third kappa shape index (κ3) is 4.78. The Hall–Kier alpha value is 0.780. The van der Waals surface area contributed by atoms with E-state index in [2.05, 4.69) is 20.8 Å². The molecule has 6 heavy (non-hydrogen) atoms. The average molecular weight is 122 g/mol. The molecule has 0 aliphatic heterocycles. The summed E-state index contributed by atoms with van der Waals surface area (Å²) in [6.45, 7) is 6.53. The van der Waals surface area contributed by atoms with Crippen LogP contribution in [0.1, 0.15) is 20.8 Å². The molecule has 38 valence electrons. The summed E-state index contributed by atoms with van der Waals surface area (Å²) in [4.78, 5) is 0. The lowest BCUT2D eigenvalue weighted by Gasteiger charge is -2.12. The molecule has 0 aromatic rings. The van der Waals surface area contributed by atoms with E-state index in [1.807, 2.05) is 0 Å². The van der Waals surface area contributed by atoms with Gasteiger partial charge in [0.25, 0.3) is 0 Å². The van der Waals surface area contributed by atoms with Crippen molar-refractivity contribution < 1.29 is 0 Å². The third-order valence-electron chi connectivity index (χ3n) is 0.354. The maximum Gasteiger partial charge on any atom is 0.0476 e. The first-order valence-corrected chi connectivity index (χ1v) is 4.49. The van der Waals surface area contributed by atoms with Gasteiger partial charge >= 0.3 is 0 Å². The second-order valence-corrected chi connectivity index (χ2v) is 5.16. The molecular formula is C4H11PS. The molecule has 0 amide bonds. The highest BCUT2D eigenvalue weighted by molar-refractivity contribution is 8.25. The molecule has 0 N–H and O–H groups in total. The zero-order chi connectivity index (χ0) is 5.21. The van der Waals surface area contributed by atoms with Crippen molar-refractivity contribution in [3.8, 4) is 0 Å². The van der Waals surface area contributed by atoms with Crippen LogP contribution in [0, 0.1) is 0 Å². The highest BCUT2D eigenvalue weighted by Crippen LogP contribution is 2.26. The molecule has 0 spiro atoms. The van der Waals surface area contributed by atoms with Crippen LogP contribution < -0.4 is 0 Å². The lowest BCUT2D eigenvalue weighted by Crippen LogP contribution is -2.01. The third-order valence-corrected chi connectivity index (χ3v) is 3.18. The highest BCUT2D eigenvalue weighted by Gasteiger charge is 2.05. The van der Waals surface area contributed by atoms with Crippen LogP contribution in [0.4, 0.5) is 0 Å². The maximum atomic E-state index is 4.87. The minimum atomic E-state index is 0.243. The summed E-state index contributed by atoms with van der Waals surface area (Å²) in [5, 5.41) is 0.440. The summed E-state index contributed by atoms with van der Waals surface area (Å²) >= 11 is 4.87. The van der Waals surface area contributed by atoms with Crippen molar-refractivity contribution in [2.24, 2.45) is 0 Å². The molecule has 0 heterocycles. The molecule has 0 aromatic carbocycles. The Balaban J connectivity index is 3.17. The largest absolute Gasteiger partial charge is 0.561 e. The van der Waals surface area contributed by atoms with Crippen molar-refractivity contribution in [3.05, 3.63) is 0 Å². The van der Waals surface area contributed by atoms with Gasteiger partial charge in [-0.25, -0.2) is 0 Å². The van der Waals surface area contributed by atoms with Gasteiger partial charge in [-0.15, -0.1) is 7.78 Å². The second-order valence-electron chi connectivity index (χ2n) is 2.48. The molecule has 0 nitrogen and oxygen atoms in total. The SMILES string of the molecule is CC(C)(C)[PH2+][S-]. The lowest BCUT2D eigenvalue weighted by molar-refractivity contribution is 0.802. The van der Waals surface area contributed by atoms with E-state index >= 15 is 0 Å². The van der Waals surface area contributed by atoms with Crippen molar-refractivity contribution in [3.63, 3.8) is 0 Å². The fourth-order valence-corrected chi connectivity index (χ4v) is 0. The van der Waals surface area contributed by atoms with Gasteiger partial charge in [0.2, 0.25) is 0 Å². The molecule has 0 aliphatic carbocycles. The molecule has 0 radical (unpaired) electrons. The molecule has 1 unspecified atom stereocenters. The maximum absolute atomic E-state index is 4.87. The molecule has 0 bridgehead atoms. The van der Waals surface area contributed by atoms with Crippen molar-refractivity contribution in [1.82, 2.24) is 0 Å². The standard InChI is InChI=1S/C4H11PS/c1-4(2,3)5-6/h5H2,1-3H3. The van der Waals surface area contributed by atoms with Crippen LogP contribution in [-0.4, -0.2) is 5.16 Å². The normalized spacial score (nSPS) is 14.0. The van der Waals surface area contributed by atoms with Gasteiger partial charge in [-0.3, -0.25) is 0 Å². The molecule has 0 fully saturated rings. The quantitative estimate of drug-likeness (QED) is 0.348. The van der Waals surface area contributed by atoms with Gasteiger partial charge in [0.15, 0.2) is 0 Å². The van der Waals surface area contributed by atoms with Gasteiger partial charge in [-0.1, -0.05) is 0 Å². The average Bonchev–Trinajstić information content (AvgIpc) is 1.35. The first-order chi connectivity index (χ1) is 2.56. The summed E-state index contributed by atoms with van der Waals surface area (Å²) in [6, 6.07) is 0. The highest BCUT2D eigenvalue weighted by atomic mass is 32.7. The summed E-state index contributed by atoms with van der Waals surface area (Å²) in [5.41, 5.74) is 0. The Kier molecular flexibility index (Phi) is 2.47. The van der Waals surface area contributed by atoms with Crippen LogP contribution in [0.2, 0.25) is 0 Å². The first kappa shape index (κ1) is 6.78. The van der Waals surface area contributed by atoms with E-state index in [1.165, 1.54) is 0 Å². The Labute approximate surface area is 46.7 Å². The monoisotopic (exact) mass is 122 g/mol. The Morgan fingerprint density at radius 2 is 1.50 bits per heavy atom. The van der Waals surface area contributed by atoms with Crippen LogP contribution >= 0.6 is 7.78 Å². The van der Waals surface area contributed by atoms with E-state index in [1.54, 1.807) is 0 Å². The predicted octanol–water partition coefficient (Wildman–Crippen LogP) is 1.66. The number of rotatable bonds is 0. The summed E-state index contributed by atoms with van der Waals surface area (Å²) in [7, 11) is 0.243. The van der Waals surface area contributed by atoms with Crippen LogP contribution in [-0.2, 0) is 12.2 Å². The van der Waals surface area contributed by atoms with Gasteiger partial charge in [0.1, 0.15) is 0 Å². The van der Waals surface area contributed by atoms with E-state index in [9.17, 15) is 0 Å². The summed E-state index contributed by atoms with van der Waals surface area (Å²) in [5.74, 6) is 0. The van der Waals surface area contributed by atoms with Crippen molar-refractivity contribution in [2.75, 3.05) is 0 Å². The molecule has 1 atom stereocenters. The molecule has 0 aromatic heterocycles. The molecular weight excluding hydrogens is 111 g/mol. The van der Waals surface area contributed by atoms with Crippen LogP contribution in [0.3, 0.4) is 0 Å². The first-order valence-electron chi connectivity index (χ1n) is 2.02. The lowest BCUT2D eigenvalue weighted by atomic mass is 10.3. The van der Waals surface area contributed by atoms with Gasteiger partial charge in [-0.05, 0) is 20.8 Å². The fourth-order valence-electron chi connectivity index (χ4n) is 0. The molecule has 2 heteroatoms. The van der Waals surface area contributed by atoms with Crippen molar-refractivity contribution in [1.29, 1.82) is 0 Å². The molecule has 0 saturated carbocycles. The smallest absolute Gasteiger partial charge is 0.0476 e. The Morgan fingerprint density at radius 1 is 1.33 bits per heavy atom.